The second-order valence-corrected chi connectivity index (χ2v) is 5.34. The second kappa shape index (κ2) is 4.64. The van der Waals surface area contributed by atoms with Crippen molar-refractivity contribution in [2.24, 2.45) is 0 Å². The molecule has 0 radical (unpaired) electrons. The van der Waals surface area contributed by atoms with E-state index in [1.165, 1.54) is 40.4 Å². The molecule has 0 saturated carbocycles. The van der Waals surface area contributed by atoms with Crippen molar-refractivity contribution in [1.82, 2.24) is 4.98 Å². The number of benzene rings is 2. The van der Waals surface area contributed by atoms with E-state index in [-0.39, 0.29) is 0 Å². The van der Waals surface area contributed by atoms with Gasteiger partial charge in [-0.1, -0.05) is 36.4 Å². The molecule has 2 nitrogen and oxygen atoms in total. The lowest BCUT2D eigenvalue weighted by molar-refractivity contribution is 0.763. The normalized spacial score (nSPS) is 17.1. The van der Waals surface area contributed by atoms with Crippen molar-refractivity contribution in [3.63, 3.8) is 0 Å². The van der Waals surface area contributed by atoms with E-state index in [0.29, 0.717) is 6.04 Å². The van der Waals surface area contributed by atoms with Crippen LogP contribution in [0.25, 0.3) is 10.8 Å². The summed E-state index contributed by atoms with van der Waals surface area (Å²) in [6.07, 6.45) is 6.11. The van der Waals surface area contributed by atoms with Crippen molar-refractivity contribution in [2.45, 2.75) is 18.9 Å². The molecule has 0 fully saturated rings. The van der Waals surface area contributed by atoms with Crippen molar-refractivity contribution >= 4 is 16.5 Å². The first-order valence-electron chi connectivity index (χ1n) is 7.09. The van der Waals surface area contributed by atoms with Gasteiger partial charge in [-0.15, -0.1) is 0 Å². The largest absolute Gasteiger partial charge is 0.378 e. The molecule has 0 bridgehead atoms. The van der Waals surface area contributed by atoms with Gasteiger partial charge in [0.1, 0.15) is 0 Å². The van der Waals surface area contributed by atoms with Gasteiger partial charge in [0.05, 0.1) is 6.04 Å². The fourth-order valence-corrected chi connectivity index (χ4v) is 3.14. The Hall–Kier alpha value is -2.35. The Labute approximate surface area is 118 Å². The van der Waals surface area contributed by atoms with Crippen LogP contribution >= 0.6 is 0 Å². The molecule has 1 aliphatic rings. The van der Waals surface area contributed by atoms with Crippen molar-refractivity contribution in [3.05, 3.63) is 72.1 Å². The number of hydrogen-bond donors (Lipinski definition) is 1. The Morgan fingerprint density at radius 1 is 1.00 bits per heavy atom. The minimum Gasteiger partial charge on any atom is -0.378 e. The molecule has 2 aromatic carbocycles. The number of aromatic nitrogens is 1. The lowest BCUT2D eigenvalue weighted by atomic mass is 10.1. The summed E-state index contributed by atoms with van der Waals surface area (Å²) < 4.78 is 0. The molecule has 0 saturated heterocycles. The first kappa shape index (κ1) is 11.5. The van der Waals surface area contributed by atoms with Crippen LogP contribution in [0.15, 0.2) is 60.9 Å². The van der Waals surface area contributed by atoms with Crippen LogP contribution in [0.3, 0.4) is 0 Å². The number of pyridine rings is 1. The quantitative estimate of drug-likeness (QED) is 0.741. The minimum atomic E-state index is 0.421. The second-order valence-electron chi connectivity index (χ2n) is 5.34. The molecule has 1 aliphatic carbocycles. The van der Waals surface area contributed by atoms with Crippen molar-refractivity contribution in [3.8, 4) is 0 Å². The third kappa shape index (κ3) is 1.85. The summed E-state index contributed by atoms with van der Waals surface area (Å²) in [5.74, 6) is 0. The van der Waals surface area contributed by atoms with Crippen LogP contribution in [0.4, 0.5) is 5.69 Å². The number of nitrogens with one attached hydrogen (secondary N) is 1. The van der Waals surface area contributed by atoms with E-state index >= 15 is 0 Å². The first-order valence-corrected chi connectivity index (χ1v) is 7.09. The summed E-state index contributed by atoms with van der Waals surface area (Å²) >= 11 is 0. The third-order valence-electron chi connectivity index (χ3n) is 4.14. The summed E-state index contributed by atoms with van der Waals surface area (Å²) in [6, 6.07) is 17.6. The molecule has 1 atom stereocenters. The molecule has 20 heavy (non-hydrogen) atoms. The van der Waals surface area contributed by atoms with E-state index in [1.54, 1.807) is 0 Å². The maximum absolute atomic E-state index is 4.19. The molecule has 98 valence electrons. The molecule has 2 heteroatoms. The Morgan fingerprint density at radius 3 is 2.95 bits per heavy atom. The molecule has 4 rings (SSSR count). The molecule has 0 aliphatic heterocycles. The Kier molecular flexibility index (Phi) is 2.66. The maximum Gasteiger partial charge on any atom is 0.0519 e. The van der Waals surface area contributed by atoms with Gasteiger partial charge in [-0.05, 0) is 36.1 Å². The number of rotatable bonds is 2. The molecular formula is C18H16N2. The molecule has 1 aromatic heterocycles. The van der Waals surface area contributed by atoms with Crippen LogP contribution in [0.2, 0.25) is 0 Å². The zero-order valence-electron chi connectivity index (χ0n) is 11.2. The van der Waals surface area contributed by atoms with E-state index in [2.05, 4.69) is 58.8 Å². The Bertz CT molecular complexity index is 759. The number of nitrogens with zero attached hydrogens (tertiary/aromatic N) is 1. The van der Waals surface area contributed by atoms with Crippen LogP contribution < -0.4 is 5.32 Å². The van der Waals surface area contributed by atoms with E-state index in [0.717, 1.165) is 0 Å². The van der Waals surface area contributed by atoms with Crippen LogP contribution in [-0.4, -0.2) is 4.98 Å². The fourth-order valence-electron chi connectivity index (χ4n) is 3.14. The van der Waals surface area contributed by atoms with E-state index < -0.39 is 0 Å². The molecule has 0 amide bonds. The van der Waals surface area contributed by atoms with Crippen LogP contribution in [0.5, 0.6) is 0 Å². The van der Waals surface area contributed by atoms with Crippen LogP contribution in [0.1, 0.15) is 23.6 Å². The number of fused-ring (bicyclic) bond motifs is 2. The molecular weight excluding hydrogens is 244 g/mol. The van der Waals surface area contributed by atoms with Gasteiger partial charge in [0, 0.05) is 28.9 Å². The van der Waals surface area contributed by atoms with Gasteiger partial charge in [-0.2, -0.15) is 0 Å². The Morgan fingerprint density at radius 2 is 1.95 bits per heavy atom. The van der Waals surface area contributed by atoms with Crippen molar-refractivity contribution in [1.29, 1.82) is 0 Å². The van der Waals surface area contributed by atoms with E-state index in [9.17, 15) is 0 Å². The molecule has 1 heterocycles. The highest BCUT2D eigenvalue weighted by molar-refractivity contribution is 5.93. The molecule has 1 N–H and O–H groups in total. The van der Waals surface area contributed by atoms with Gasteiger partial charge in [-0.3, -0.25) is 4.98 Å². The average Bonchev–Trinajstić information content (AvgIpc) is 2.91. The van der Waals surface area contributed by atoms with Crippen LogP contribution in [-0.2, 0) is 6.42 Å². The zero-order valence-corrected chi connectivity index (χ0v) is 11.2. The van der Waals surface area contributed by atoms with Crippen molar-refractivity contribution in [2.75, 3.05) is 5.32 Å². The zero-order chi connectivity index (χ0) is 13.4. The standard InChI is InChI=1S/C18H16N2/c1-2-6-15-13(4-1)8-9-18(15)20-17-7-3-5-14-12-19-11-10-16(14)17/h1-7,10-12,18,20H,8-9H2. The number of anilines is 1. The lowest BCUT2D eigenvalue weighted by Gasteiger charge is -2.17. The summed E-state index contributed by atoms with van der Waals surface area (Å²) in [7, 11) is 0. The summed E-state index contributed by atoms with van der Waals surface area (Å²) in [4.78, 5) is 4.19. The predicted molar refractivity (Wildman–Crippen MR) is 82.9 cm³/mol. The average molecular weight is 260 g/mol. The monoisotopic (exact) mass is 260 g/mol. The highest BCUT2D eigenvalue weighted by atomic mass is 14.9. The minimum absolute atomic E-state index is 0.421. The van der Waals surface area contributed by atoms with E-state index in [4.69, 9.17) is 0 Å². The van der Waals surface area contributed by atoms with Gasteiger partial charge < -0.3 is 5.32 Å². The number of aryl methyl sites for hydroxylation is 1. The van der Waals surface area contributed by atoms with Gasteiger partial charge in [0.25, 0.3) is 0 Å². The van der Waals surface area contributed by atoms with Gasteiger partial charge >= 0.3 is 0 Å². The SMILES string of the molecule is c1ccc2c(c1)CCC2Nc1cccc2cnccc12. The lowest BCUT2D eigenvalue weighted by Crippen LogP contribution is -2.07. The topological polar surface area (TPSA) is 24.9 Å². The highest BCUT2D eigenvalue weighted by Gasteiger charge is 2.21. The fraction of sp³-hybridized carbons (Fsp3) is 0.167. The van der Waals surface area contributed by atoms with Crippen LogP contribution in [0, 0.1) is 0 Å². The van der Waals surface area contributed by atoms with Gasteiger partial charge in [0.2, 0.25) is 0 Å². The summed E-state index contributed by atoms with van der Waals surface area (Å²) in [6.45, 7) is 0. The number of hydrogen-bond acceptors (Lipinski definition) is 2. The van der Waals surface area contributed by atoms with Crippen molar-refractivity contribution < 1.29 is 0 Å². The maximum atomic E-state index is 4.19. The van der Waals surface area contributed by atoms with Gasteiger partial charge in [-0.25, -0.2) is 0 Å². The first-order chi connectivity index (χ1) is 9.92. The predicted octanol–water partition coefficient (Wildman–Crippen LogP) is 4.33. The van der Waals surface area contributed by atoms with E-state index in [1.807, 2.05) is 12.4 Å². The molecule has 0 spiro atoms. The summed E-state index contributed by atoms with van der Waals surface area (Å²) in [5, 5.41) is 6.14. The third-order valence-corrected chi connectivity index (χ3v) is 4.14. The molecule has 1 unspecified atom stereocenters. The highest BCUT2D eigenvalue weighted by Crippen LogP contribution is 2.35. The Balaban J connectivity index is 1.73. The van der Waals surface area contributed by atoms with Gasteiger partial charge in [0.15, 0.2) is 0 Å². The smallest absolute Gasteiger partial charge is 0.0519 e. The molecule has 3 aromatic rings. The summed E-state index contributed by atoms with van der Waals surface area (Å²) in [5.41, 5.74) is 4.12.